The van der Waals surface area contributed by atoms with Gasteiger partial charge in [0.1, 0.15) is 0 Å². The van der Waals surface area contributed by atoms with Crippen molar-refractivity contribution < 1.29 is 0 Å². The van der Waals surface area contributed by atoms with Crippen molar-refractivity contribution in [1.82, 2.24) is 3.11 Å². The third-order valence-corrected chi connectivity index (χ3v) is 4.52. The van der Waals surface area contributed by atoms with E-state index in [1.165, 1.54) is 18.5 Å². The standard InChI is InChI=1S/C8H10INS/c1-6-7-3-5-11-8(7)2-4-10(6)9/h3,5-6H,2,4H2,1H3/t6-/m1/s1. The summed E-state index contributed by atoms with van der Waals surface area (Å²) in [4.78, 5) is 1.59. The van der Waals surface area contributed by atoms with Crippen LogP contribution in [0.3, 0.4) is 0 Å². The van der Waals surface area contributed by atoms with Crippen LogP contribution in [0, 0.1) is 0 Å². The SMILES string of the molecule is C[C@@H]1c2ccsc2CCN1I. The molecule has 2 rings (SSSR count). The molecule has 3 heteroatoms. The smallest absolute Gasteiger partial charge is 0.0426 e. The molecule has 11 heavy (non-hydrogen) atoms. The largest absolute Gasteiger partial charge is 0.240 e. The van der Waals surface area contributed by atoms with Gasteiger partial charge in [-0.15, -0.1) is 11.3 Å². The molecule has 1 aromatic rings. The van der Waals surface area contributed by atoms with Crippen molar-refractivity contribution in [3.8, 4) is 0 Å². The summed E-state index contributed by atoms with van der Waals surface area (Å²) in [6.07, 6.45) is 1.24. The van der Waals surface area contributed by atoms with Crippen LogP contribution < -0.4 is 0 Å². The van der Waals surface area contributed by atoms with Gasteiger partial charge in [-0.1, -0.05) is 0 Å². The van der Waals surface area contributed by atoms with Gasteiger partial charge in [-0.3, -0.25) is 0 Å². The van der Waals surface area contributed by atoms with Gasteiger partial charge in [-0.2, -0.15) is 0 Å². The number of thiophene rings is 1. The normalized spacial score (nSPS) is 25.1. The lowest BCUT2D eigenvalue weighted by Gasteiger charge is -2.27. The van der Waals surface area contributed by atoms with Crippen molar-refractivity contribution in [2.75, 3.05) is 6.54 Å². The molecule has 0 fully saturated rings. The van der Waals surface area contributed by atoms with Gasteiger partial charge >= 0.3 is 0 Å². The molecule has 0 radical (unpaired) electrons. The maximum Gasteiger partial charge on any atom is 0.0426 e. The van der Waals surface area contributed by atoms with E-state index in [1.807, 2.05) is 11.3 Å². The molecule has 1 nitrogen and oxygen atoms in total. The Labute approximate surface area is 84.9 Å². The Kier molecular flexibility index (Phi) is 2.21. The maximum absolute atomic E-state index is 2.42. The molecule has 0 N–H and O–H groups in total. The third-order valence-electron chi connectivity index (χ3n) is 2.20. The molecule has 0 saturated heterocycles. The van der Waals surface area contributed by atoms with Crippen molar-refractivity contribution in [1.29, 1.82) is 0 Å². The average molecular weight is 279 g/mol. The lowest BCUT2D eigenvalue weighted by atomic mass is 10.0. The molecule has 2 heterocycles. The number of hydrogen-bond donors (Lipinski definition) is 0. The first kappa shape index (κ1) is 8.01. The molecule has 0 unspecified atom stereocenters. The first-order chi connectivity index (χ1) is 5.29. The Morgan fingerprint density at radius 3 is 3.36 bits per heavy atom. The van der Waals surface area contributed by atoms with Crippen LogP contribution in [0.5, 0.6) is 0 Å². The Morgan fingerprint density at radius 1 is 1.73 bits per heavy atom. The number of hydrogen-bond acceptors (Lipinski definition) is 2. The molecule has 60 valence electrons. The predicted octanol–water partition coefficient (Wildman–Crippen LogP) is 3.02. The second-order valence-corrected chi connectivity index (χ2v) is 5.09. The average Bonchev–Trinajstić information content (AvgIpc) is 2.45. The summed E-state index contributed by atoms with van der Waals surface area (Å²) < 4.78 is 2.38. The zero-order valence-corrected chi connectivity index (χ0v) is 9.35. The highest BCUT2D eigenvalue weighted by atomic mass is 127. The molecule has 0 bridgehead atoms. The van der Waals surface area contributed by atoms with E-state index in [0.717, 1.165) is 0 Å². The van der Waals surface area contributed by atoms with Crippen LogP contribution in [0.25, 0.3) is 0 Å². The number of nitrogens with zero attached hydrogens (tertiary/aromatic N) is 1. The molecular weight excluding hydrogens is 269 g/mol. The van der Waals surface area contributed by atoms with Crippen LogP contribution in [0.15, 0.2) is 11.4 Å². The second kappa shape index (κ2) is 3.03. The molecule has 0 aromatic carbocycles. The summed E-state index contributed by atoms with van der Waals surface area (Å²) in [5, 5.41) is 2.21. The van der Waals surface area contributed by atoms with E-state index >= 15 is 0 Å². The molecule has 1 aromatic heterocycles. The predicted molar refractivity (Wildman–Crippen MR) is 57.2 cm³/mol. The molecule has 1 atom stereocenters. The van der Waals surface area contributed by atoms with Gasteiger partial charge in [0.2, 0.25) is 0 Å². The summed E-state index contributed by atoms with van der Waals surface area (Å²) in [5.74, 6) is 0. The fourth-order valence-corrected chi connectivity index (χ4v) is 2.98. The van der Waals surface area contributed by atoms with Crippen molar-refractivity contribution in [3.63, 3.8) is 0 Å². The molecule has 1 aliphatic heterocycles. The van der Waals surface area contributed by atoms with Gasteiger partial charge in [0, 0.05) is 40.3 Å². The van der Waals surface area contributed by atoms with Gasteiger partial charge in [-0.25, -0.2) is 3.11 Å². The molecule has 1 aliphatic rings. The minimum absolute atomic E-state index is 0.616. The van der Waals surface area contributed by atoms with E-state index < -0.39 is 0 Å². The quantitative estimate of drug-likeness (QED) is 0.521. The summed E-state index contributed by atoms with van der Waals surface area (Å²) >= 11 is 4.32. The Morgan fingerprint density at radius 2 is 2.55 bits per heavy atom. The van der Waals surface area contributed by atoms with E-state index in [1.54, 1.807) is 4.88 Å². The van der Waals surface area contributed by atoms with Crippen molar-refractivity contribution in [2.24, 2.45) is 0 Å². The summed E-state index contributed by atoms with van der Waals surface area (Å²) in [6, 6.07) is 2.88. The maximum atomic E-state index is 2.42. The highest BCUT2D eigenvalue weighted by Gasteiger charge is 2.22. The van der Waals surface area contributed by atoms with Crippen molar-refractivity contribution in [2.45, 2.75) is 19.4 Å². The number of rotatable bonds is 0. The van der Waals surface area contributed by atoms with E-state index in [-0.39, 0.29) is 0 Å². The minimum atomic E-state index is 0.616. The van der Waals surface area contributed by atoms with Crippen LogP contribution in [-0.2, 0) is 6.42 Å². The van der Waals surface area contributed by atoms with Gasteiger partial charge in [0.15, 0.2) is 0 Å². The fraction of sp³-hybridized carbons (Fsp3) is 0.500. The second-order valence-electron chi connectivity index (χ2n) is 2.85. The monoisotopic (exact) mass is 279 g/mol. The summed E-state index contributed by atoms with van der Waals surface area (Å²) in [5.41, 5.74) is 1.54. The van der Waals surface area contributed by atoms with Crippen LogP contribution in [0.1, 0.15) is 23.4 Å². The lowest BCUT2D eigenvalue weighted by Crippen LogP contribution is -2.24. The molecule has 0 spiro atoms. The van der Waals surface area contributed by atoms with Gasteiger partial charge in [0.25, 0.3) is 0 Å². The lowest BCUT2D eigenvalue weighted by molar-refractivity contribution is 0.398. The summed E-state index contributed by atoms with van der Waals surface area (Å²) in [6.45, 7) is 3.48. The van der Waals surface area contributed by atoms with Gasteiger partial charge < -0.3 is 0 Å². The topological polar surface area (TPSA) is 3.24 Å². The van der Waals surface area contributed by atoms with Crippen LogP contribution in [0.2, 0.25) is 0 Å². The highest BCUT2D eigenvalue weighted by Crippen LogP contribution is 2.34. The minimum Gasteiger partial charge on any atom is -0.240 e. The van der Waals surface area contributed by atoms with Crippen LogP contribution in [-0.4, -0.2) is 9.66 Å². The van der Waals surface area contributed by atoms with Crippen molar-refractivity contribution in [3.05, 3.63) is 21.9 Å². The van der Waals surface area contributed by atoms with E-state index in [9.17, 15) is 0 Å². The molecule has 0 saturated carbocycles. The number of fused-ring (bicyclic) bond motifs is 1. The third kappa shape index (κ3) is 1.34. The molecule has 0 amide bonds. The first-order valence-corrected chi connectivity index (χ1v) is 5.62. The highest BCUT2D eigenvalue weighted by molar-refractivity contribution is 14.1. The zero-order valence-electron chi connectivity index (χ0n) is 6.38. The van der Waals surface area contributed by atoms with Crippen LogP contribution in [0.4, 0.5) is 0 Å². The fourth-order valence-electron chi connectivity index (χ4n) is 1.48. The van der Waals surface area contributed by atoms with E-state index in [0.29, 0.717) is 6.04 Å². The summed E-state index contributed by atoms with van der Waals surface area (Å²) in [7, 11) is 0. The van der Waals surface area contributed by atoms with Gasteiger partial charge in [0.05, 0.1) is 0 Å². The van der Waals surface area contributed by atoms with Crippen molar-refractivity contribution >= 4 is 34.2 Å². The van der Waals surface area contributed by atoms with Crippen LogP contribution >= 0.6 is 34.2 Å². The molecular formula is C8H10INS. The zero-order chi connectivity index (χ0) is 7.84. The van der Waals surface area contributed by atoms with E-state index in [4.69, 9.17) is 0 Å². The Balaban J connectivity index is 2.38. The van der Waals surface area contributed by atoms with Gasteiger partial charge in [-0.05, 0) is 30.4 Å². The Bertz CT molecular complexity index is 258. The number of halogens is 1. The Hall–Kier alpha value is 0.390. The first-order valence-electron chi connectivity index (χ1n) is 3.77. The molecule has 0 aliphatic carbocycles. The van der Waals surface area contributed by atoms with E-state index in [2.05, 4.69) is 44.3 Å².